The molecule has 0 bridgehead atoms. The van der Waals surface area contributed by atoms with Crippen LogP contribution in [0.3, 0.4) is 0 Å². The van der Waals surface area contributed by atoms with Crippen molar-refractivity contribution in [1.82, 2.24) is 0 Å². The lowest BCUT2D eigenvalue weighted by Crippen LogP contribution is -2.25. The van der Waals surface area contributed by atoms with Crippen molar-refractivity contribution >= 4 is 51.2 Å². The highest BCUT2D eigenvalue weighted by Crippen LogP contribution is 2.41. The first-order valence-corrected chi connectivity index (χ1v) is 9.10. The third-order valence-electron chi connectivity index (χ3n) is 3.47. The molecule has 0 fully saturated rings. The lowest BCUT2D eigenvalue weighted by Gasteiger charge is -2.27. The highest BCUT2D eigenvalue weighted by atomic mass is 127. The molecule has 3 N–H and O–H groups in total. The van der Waals surface area contributed by atoms with E-state index >= 15 is 0 Å². The first-order valence-electron chi connectivity index (χ1n) is 6.95. The number of benzene rings is 1. The summed E-state index contributed by atoms with van der Waals surface area (Å²) in [5.41, 5.74) is 6.88. The number of rotatable bonds is 3. The molecular weight excluding hydrogens is 538 g/mol. The molecule has 0 spiro atoms. The number of carbonyl (C=O) groups excluding carboxylic acids is 1. The van der Waals surface area contributed by atoms with Crippen molar-refractivity contribution in [3.63, 3.8) is 0 Å². The van der Waals surface area contributed by atoms with Crippen LogP contribution in [-0.4, -0.2) is 17.7 Å². The Bertz CT molecular complexity index is 786. The molecule has 2 rings (SSSR count). The zero-order valence-corrected chi connectivity index (χ0v) is 17.2. The van der Waals surface area contributed by atoms with Crippen LogP contribution in [0.4, 0.5) is 0 Å². The van der Waals surface area contributed by atoms with Crippen molar-refractivity contribution < 1.29 is 19.4 Å². The molecule has 1 aliphatic heterocycles. The van der Waals surface area contributed by atoms with Gasteiger partial charge < -0.3 is 20.3 Å². The molecule has 1 unspecified atom stereocenters. The summed E-state index contributed by atoms with van der Waals surface area (Å²) in [6.07, 6.45) is 0. The van der Waals surface area contributed by atoms with E-state index in [1.807, 2.05) is 51.3 Å². The van der Waals surface area contributed by atoms with Gasteiger partial charge in [-0.25, -0.2) is 4.79 Å². The van der Waals surface area contributed by atoms with Gasteiger partial charge in [0.05, 0.1) is 25.2 Å². The summed E-state index contributed by atoms with van der Waals surface area (Å²) >= 11 is 3.99. The van der Waals surface area contributed by atoms with E-state index in [1.165, 1.54) is 0 Å². The van der Waals surface area contributed by atoms with Crippen LogP contribution in [0.2, 0.25) is 0 Å². The number of nitrogens with two attached hydrogens (primary N) is 1. The van der Waals surface area contributed by atoms with Crippen molar-refractivity contribution in [2.75, 3.05) is 6.61 Å². The second-order valence-corrected chi connectivity index (χ2v) is 7.27. The third kappa shape index (κ3) is 3.46. The Kier molecular flexibility index (Phi) is 5.97. The maximum atomic E-state index is 12.4. The number of allylic oxidation sites excluding steroid dienone is 2. The Balaban J connectivity index is 2.69. The number of hydrogen-bond acceptors (Lipinski definition) is 6. The van der Waals surface area contributed by atoms with E-state index in [4.69, 9.17) is 15.2 Å². The van der Waals surface area contributed by atoms with E-state index < -0.39 is 11.9 Å². The van der Waals surface area contributed by atoms with E-state index in [9.17, 15) is 15.2 Å². The average Bonchev–Trinajstić information content (AvgIpc) is 2.51. The van der Waals surface area contributed by atoms with Crippen LogP contribution in [0.15, 0.2) is 34.9 Å². The number of ether oxygens (including phenoxy) is 2. The molecular formula is C16H14I2N2O4. The number of phenols is 1. The molecule has 0 amide bonds. The molecule has 24 heavy (non-hydrogen) atoms. The van der Waals surface area contributed by atoms with E-state index in [0.29, 0.717) is 18.5 Å². The predicted molar refractivity (Wildman–Crippen MR) is 104 cm³/mol. The van der Waals surface area contributed by atoms with Crippen LogP contribution in [0.1, 0.15) is 25.3 Å². The third-order valence-corrected chi connectivity index (χ3v) is 5.12. The first-order chi connectivity index (χ1) is 11.3. The van der Waals surface area contributed by atoms with Gasteiger partial charge in [0.1, 0.15) is 23.2 Å². The van der Waals surface area contributed by atoms with Gasteiger partial charge in [-0.2, -0.15) is 5.26 Å². The van der Waals surface area contributed by atoms with E-state index in [-0.39, 0.29) is 29.4 Å². The van der Waals surface area contributed by atoms with Crippen molar-refractivity contribution in [2.45, 2.75) is 19.8 Å². The Morgan fingerprint density at radius 3 is 2.54 bits per heavy atom. The van der Waals surface area contributed by atoms with Crippen LogP contribution in [0.25, 0.3) is 0 Å². The topological polar surface area (TPSA) is 106 Å². The van der Waals surface area contributed by atoms with E-state index in [1.54, 1.807) is 26.0 Å². The van der Waals surface area contributed by atoms with Gasteiger partial charge >= 0.3 is 5.97 Å². The van der Waals surface area contributed by atoms with Gasteiger partial charge in [0.15, 0.2) is 0 Å². The monoisotopic (exact) mass is 552 g/mol. The maximum Gasteiger partial charge on any atom is 0.338 e. The summed E-state index contributed by atoms with van der Waals surface area (Å²) in [6, 6.07) is 5.45. The van der Waals surface area contributed by atoms with Crippen molar-refractivity contribution in [3.8, 4) is 11.8 Å². The van der Waals surface area contributed by atoms with Crippen LogP contribution >= 0.6 is 45.2 Å². The van der Waals surface area contributed by atoms with Gasteiger partial charge in [0, 0.05) is 0 Å². The Labute approximate surface area is 166 Å². The zero-order valence-electron chi connectivity index (χ0n) is 12.9. The summed E-state index contributed by atoms with van der Waals surface area (Å²) < 4.78 is 11.7. The van der Waals surface area contributed by atoms with E-state index in [0.717, 1.165) is 0 Å². The van der Waals surface area contributed by atoms with Crippen molar-refractivity contribution in [3.05, 3.63) is 47.6 Å². The summed E-state index contributed by atoms with van der Waals surface area (Å²) in [5, 5.41) is 19.5. The van der Waals surface area contributed by atoms with Crippen LogP contribution in [0, 0.1) is 18.5 Å². The molecule has 1 atom stereocenters. The molecule has 0 aliphatic carbocycles. The summed E-state index contributed by atoms with van der Waals surface area (Å²) in [4.78, 5) is 12.4. The highest BCUT2D eigenvalue weighted by Gasteiger charge is 2.36. The average molecular weight is 552 g/mol. The molecule has 126 valence electrons. The number of nitriles is 1. The van der Waals surface area contributed by atoms with Gasteiger partial charge in [0.2, 0.25) is 5.88 Å². The molecule has 6 nitrogen and oxygen atoms in total. The molecule has 1 aromatic rings. The number of phenolic OH excluding ortho intramolecular Hbond substituents is 1. The normalized spacial score (nSPS) is 17.4. The fourth-order valence-electron chi connectivity index (χ4n) is 2.44. The quantitative estimate of drug-likeness (QED) is 0.441. The largest absolute Gasteiger partial charge is 0.506 e. The fraction of sp³-hybridized carbons (Fsp3) is 0.250. The molecule has 0 saturated carbocycles. The number of halogens is 2. The number of carbonyl (C=O) groups is 1. The zero-order chi connectivity index (χ0) is 18.0. The molecule has 1 heterocycles. The molecule has 1 aliphatic rings. The van der Waals surface area contributed by atoms with E-state index in [2.05, 4.69) is 0 Å². The number of aromatic hydroxyl groups is 1. The molecule has 0 saturated heterocycles. The second-order valence-electron chi connectivity index (χ2n) is 4.95. The lowest BCUT2D eigenvalue weighted by atomic mass is 9.83. The minimum Gasteiger partial charge on any atom is -0.506 e. The fourth-order valence-corrected chi connectivity index (χ4v) is 4.26. The Morgan fingerprint density at radius 2 is 2.04 bits per heavy atom. The minimum absolute atomic E-state index is 0.0360. The van der Waals surface area contributed by atoms with Gasteiger partial charge in [-0.15, -0.1) is 0 Å². The maximum absolute atomic E-state index is 12.4. The van der Waals surface area contributed by atoms with Crippen LogP contribution in [0.5, 0.6) is 5.75 Å². The summed E-state index contributed by atoms with van der Waals surface area (Å²) in [6.45, 7) is 3.51. The molecule has 0 radical (unpaired) electrons. The SMILES string of the molecule is CCOC(=O)C1=C(C)OC(N)=C(C#N)C1c1cc(I)c(O)c(I)c1. The van der Waals surface area contributed by atoms with Crippen molar-refractivity contribution in [2.24, 2.45) is 5.73 Å². The Morgan fingerprint density at radius 1 is 1.46 bits per heavy atom. The predicted octanol–water partition coefficient (Wildman–Crippen LogP) is 3.25. The van der Waals surface area contributed by atoms with Crippen LogP contribution in [-0.2, 0) is 14.3 Å². The van der Waals surface area contributed by atoms with Gasteiger partial charge in [-0.3, -0.25) is 0 Å². The van der Waals surface area contributed by atoms with Gasteiger partial charge in [-0.1, -0.05) is 0 Å². The van der Waals surface area contributed by atoms with Crippen molar-refractivity contribution in [1.29, 1.82) is 5.26 Å². The molecule has 8 heteroatoms. The van der Waals surface area contributed by atoms with Crippen LogP contribution < -0.4 is 5.73 Å². The van der Waals surface area contributed by atoms with Gasteiger partial charge in [0.25, 0.3) is 0 Å². The second kappa shape index (κ2) is 7.60. The summed E-state index contributed by atoms with van der Waals surface area (Å²) in [5.74, 6) is -0.844. The standard InChI is InChI=1S/C16H14I2N2O4/c1-3-23-16(22)12-7(2)24-15(20)9(6-19)13(12)8-4-10(17)14(21)11(18)5-8/h4-5,13,21H,3,20H2,1-2H3. The first kappa shape index (κ1) is 18.9. The summed E-state index contributed by atoms with van der Waals surface area (Å²) in [7, 11) is 0. The number of hydrogen-bond donors (Lipinski definition) is 2. The van der Waals surface area contributed by atoms with Gasteiger partial charge in [-0.05, 0) is 76.7 Å². The minimum atomic E-state index is -0.703. The smallest absolute Gasteiger partial charge is 0.338 e. The number of esters is 1. The Hall–Kier alpha value is -1.48. The number of nitrogens with zero attached hydrogens (tertiary/aromatic N) is 1. The lowest BCUT2D eigenvalue weighted by molar-refractivity contribution is -0.139. The highest BCUT2D eigenvalue weighted by molar-refractivity contribution is 14.1. The molecule has 1 aromatic carbocycles. The molecule has 0 aromatic heterocycles.